The van der Waals surface area contributed by atoms with E-state index >= 15 is 0 Å². The molecule has 2 aromatic rings. The van der Waals surface area contributed by atoms with Gasteiger partial charge in [-0.2, -0.15) is 0 Å². The highest BCUT2D eigenvalue weighted by atomic mass is 127. The number of morpholine rings is 1. The first-order valence-electron chi connectivity index (χ1n) is 10.5. The van der Waals surface area contributed by atoms with E-state index in [0.29, 0.717) is 0 Å². The average Bonchev–Trinajstić information content (AvgIpc) is 2.80. The molecule has 0 spiro atoms. The molecule has 2 N–H and O–H groups in total. The smallest absolute Gasteiger partial charge is 0.191 e. The highest BCUT2D eigenvalue weighted by Crippen LogP contribution is 2.23. The molecule has 1 atom stereocenters. The molecule has 1 aliphatic heterocycles. The van der Waals surface area contributed by atoms with Gasteiger partial charge in [0, 0.05) is 45.6 Å². The van der Waals surface area contributed by atoms with E-state index in [2.05, 4.69) is 50.6 Å². The Morgan fingerprint density at radius 3 is 2.58 bits per heavy atom. The van der Waals surface area contributed by atoms with Crippen LogP contribution in [0.3, 0.4) is 0 Å². The van der Waals surface area contributed by atoms with Crippen molar-refractivity contribution >= 4 is 29.9 Å². The van der Waals surface area contributed by atoms with Gasteiger partial charge in [0.1, 0.15) is 5.75 Å². The maximum Gasteiger partial charge on any atom is 0.191 e. The molecule has 0 aliphatic carbocycles. The summed E-state index contributed by atoms with van der Waals surface area (Å²) in [5, 5.41) is 6.94. The van der Waals surface area contributed by atoms with E-state index in [9.17, 15) is 0 Å². The van der Waals surface area contributed by atoms with Crippen LogP contribution in [0.2, 0.25) is 0 Å². The summed E-state index contributed by atoms with van der Waals surface area (Å²) in [5.74, 6) is 1.68. The van der Waals surface area contributed by atoms with E-state index in [1.807, 2.05) is 31.6 Å². The van der Waals surface area contributed by atoms with Gasteiger partial charge in [0.05, 0.1) is 26.4 Å². The minimum atomic E-state index is 0. The molecule has 1 fully saturated rings. The van der Waals surface area contributed by atoms with Gasteiger partial charge in [0.15, 0.2) is 5.96 Å². The minimum absolute atomic E-state index is 0. The number of hydrogen-bond donors (Lipinski definition) is 2. The Morgan fingerprint density at radius 1 is 1.19 bits per heavy atom. The maximum absolute atomic E-state index is 5.55. The number of methoxy groups -OCH3 is 1. The molecule has 1 unspecified atom stereocenters. The number of aliphatic imine (C=N–C) groups is 1. The van der Waals surface area contributed by atoms with Crippen molar-refractivity contribution in [3.63, 3.8) is 0 Å². The molecule has 3 rings (SSSR count). The van der Waals surface area contributed by atoms with Crippen LogP contribution in [0.1, 0.15) is 22.7 Å². The molecule has 0 bridgehead atoms. The molecule has 1 aromatic heterocycles. The fourth-order valence-corrected chi connectivity index (χ4v) is 3.69. The number of nitrogens with one attached hydrogen (secondary N) is 2. The van der Waals surface area contributed by atoms with E-state index < -0.39 is 0 Å². The molecule has 0 amide bonds. The third-order valence-electron chi connectivity index (χ3n) is 5.50. The second-order valence-corrected chi connectivity index (χ2v) is 7.37. The molecule has 1 aromatic carbocycles. The topological polar surface area (TPSA) is 71.0 Å². The predicted molar refractivity (Wildman–Crippen MR) is 136 cm³/mol. The van der Waals surface area contributed by atoms with Gasteiger partial charge in [0.25, 0.3) is 0 Å². The van der Waals surface area contributed by atoms with Gasteiger partial charge in [-0.15, -0.1) is 24.0 Å². The zero-order valence-corrected chi connectivity index (χ0v) is 21.0. The number of hydrogen-bond acceptors (Lipinski definition) is 5. The molecule has 7 nitrogen and oxygen atoms in total. The van der Waals surface area contributed by atoms with Crippen LogP contribution < -0.4 is 15.4 Å². The fraction of sp³-hybridized carbons (Fsp3) is 0.478. The summed E-state index contributed by atoms with van der Waals surface area (Å²) in [6, 6.07) is 10.6. The molecular weight excluding hydrogens is 505 g/mol. The Balaban J connectivity index is 0.00000341. The number of aryl methyl sites for hydroxylation is 1. The Morgan fingerprint density at radius 2 is 1.94 bits per heavy atom. The summed E-state index contributed by atoms with van der Waals surface area (Å²) in [5.41, 5.74) is 3.78. The fourth-order valence-electron chi connectivity index (χ4n) is 3.69. The van der Waals surface area contributed by atoms with E-state index in [-0.39, 0.29) is 30.0 Å². The van der Waals surface area contributed by atoms with E-state index in [4.69, 9.17) is 9.47 Å². The lowest BCUT2D eigenvalue weighted by molar-refractivity contribution is 0.0170. The molecular formula is C23H34IN5O2. The Kier molecular flexibility index (Phi) is 11.0. The number of rotatable bonds is 8. The normalized spacial score (nSPS) is 15.6. The first-order chi connectivity index (χ1) is 14.7. The van der Waals surface area contributed by atoms with E-state index in [1.165, 1.54) is 16.7 Å². The van der Waals surface area contributed by atoms with E-state index in [0.717, 1.165) is 57.5 Å². The number of halogens is 1. The van der Waals surface area contributed by atoms with Gasteiger partial charge in [-0.05, 0) is 48.2 Å². The summed E-state index contributed by atoms with van der Waals surface area (Å²) in [6.45, 7) is 7.06. The quantitative estimate of drug-likeness (QED) is 0.306. The summed E-state index contributed by atoms with van der Waals surface area (Å²) < 4.78 is 10.9. The largest absolute Gasteiger partial charge is 0.497 e. The zero-order chi connectivity index (χ0) is 21.2. The van der Waals surface area contributed by atoms with Gasteiger partial charge in [0.2, 0.25) is 0 Å². The lowest BCUT2D eigenvalue weighted by Crippen LogP contribution is -2.46. The number of benzene rings is 1. The SMILES string of the molecule is CN=C(NCCc1ccncc1C)NCC(c1ccc(OC)cc1)N1CCOCC1.I. The van der Waals surface area contributed by atoms with Crippen molar-refractivity contribution in [1.82, 2.24) is 20.5 Å². The van der Waals surface area contributed by atoms with Crippen LogP contribution in [0.25, 0.3) is 0 Å². The third kappa shape index (κ3) is 7.62. The average molecular weight is 539 g/mol. The Labute approximate surface area is 202 Å². The minimum Gasteiger partial charge on any atom is -0.497 e. The molecule has 0 radical (unpaired) electrons. The van der Waals surface area contributed by atoms with E-state index in [1.54, 1.807) is 7.11 Å². The molecule has 0 saturated carbocycles. The number of aromatic nitrogens is 1. The zero-order valence-electron chi connectivity index (χ0n) is 18.6. The van der Waals surface area contributed by atoms with Gasteiger partial charge in [-0.1, -0.05) is 12.1 Å². The van der Waals surface area contributed by atoms with Gasteiger partial charge in [-0.25, -0.2) is 0 Å². The molecule has 2 heterocycles. The van der Waals surface area contributed by atoms with Crippen LogP contribution in [0.15, 0.2) is 47.7 Å². The van der Waals surface area contributed by atoms with Gasteiger partial charge < -0.3 is 20.1 Å². The van der Waals surface area contributed by atoms with Crippen molar-refractivity contribution in [2.24, 2.45) is 4.99 Å². The molecule has 170 valence electrons. The molecule has 31 heavy (non-hydrogen) atoms. The summed E-state index contributed by atoms with van der Waals surface area (Å²) in [6.07, 6.45) is 4.68. The van der Waals surface area contributed by atoms with Crippen molar-refractivity contribution < 1.29 is 9.47 Å². The summed E-state index contributed by atoms with van der Waals surface area (Å²) in [4.78, 5) is 11.0. The van der Waals surface area contributed by atoms with Gasteiger partial charge >= 0.3 is 0 Å². The lowest BCUT2D eigenvalue weighted by Gasteiger charge is -2.35. The standard InChI is InChI=1S/C23H33N5O2.HI/c1-18-16-25-10-8-19(18)9-11-26-23(24-2)27-17-22(28-12-14-30-15-13-28)20-4-6-21(29-3)7-5-20;/h4-8,10,16,22H,9,11-15,17H2,1-3H3,(H2,24,26,27);1H. The van der Waals surface area contributed by atoms with Crippen molar-refractivity contribution in [1.29, 1.82) is 0 Å². The highest BCUT2D eigenvalue weighted by Gasteiger charge is 2.23. The van der Waals surface area contributed by atoms with Gasteiger partial charge in [-0.3, -0.25) is 14.9 Å². The van der Waals surface area contributed by atoms with Crippen molar-refractivity contribution in [3.8, 4) is 5.75 Å². The first kappa shape index (κ1) is 25.4. The van der Waals surface area contributed by atoms with Crippen molar-refractivity contribution in [2.75, 3.05) is 53.6 Å². The van der Waals surface area contributed by atoms with Crippen molar-refractivity contribution in [3.05, 3.63) is 59.4 Å². The highest BCUT2D eigenvalue weighted by molar-refractivity contribution is 14.0. The van der Waals surface area contributed by atoms with Crippen LogP contribution in [0.4, 0.5) is 0 Å². The predicted octanol–water partition coefficient (Wildman–Crippen LogP) is 2.80. The number of nitrogens with zero attached hydrogens (tertiary/aromatic N) is 3. The monoisotopic (exact) mass is 539 g/mol. The Hall–Kier alpha value is -1.91. The summed E-state index contributed by atoms with van der Waals surface area (Å²) in [7, 11) is 3.50. The van der Waals surface area contributed by atoms with Crippen LogP contribution in [0, 0.1) is 6.92 Å². The van der Waals surface area contributed by atoms with Crippen LogP contribution in [-0.2, 0) is 11.2 Å². The molecule has 8 heteroatoms. The molecule has 1 saturated heterocycles. The van der Waals surface area contributed by atoms with Crippen LogP contribution >= 0.6 is 24.0 Å². The lowest BCUT2D eigenvalue weighted by atomic mass is 10.0. The molecule has 1 aliphatic rings. The summed E-state index contributed by atoms with van der Waals surface area (Å²) >= 11 is 0. The maximum atomic E-state index is 5.55. The number of pyridine rings is 1. The second-order valence-electron chi connectivity index (χ2n) is 7.37. The number of guanidine groups is 1. The van der Waals surface area contributed by atoms with Crippen LogP contribution in [-0.4, -0.2) is 69.4 Å². The second kappa shape index (κ2) is 13.5. The van der Waals surface area contributed by atoms with Crippen LogP contribution in [0.5, 0.6) is 5.75 Å². The third-order valence-corrected chi connectivity index (χ3v) is 5.50. The first-order valence-corrected chi connectivity index (χ1v) is 10.5. The number of ether oxygens (including phenoxy) is 2. The Bertz CT molecular complexity index is 810. The van der Waals surface area contributed by atoms with Crippen molar-refractivity contribution in [2.45, 2.75) is 19.4 Å².